The van der Waals surface area contributed by atoms with Gasteiger partial charge in [0.15, 0.2) is 5.82 Å². The fourth-order valence-corrected chi connectivity index (χ4v) is 2.88. The molecule has 0 saturated carbocycles. The largest absolute Gasteiger partial charge is 0.357 e. The Morgan fingerprint density at radius 2 is 1.63 bits per heavy atom. The first-order valence-electron chi connectivity index (χ1n) is 9.18. The molecule has 0 bridgehead atoms. The summed E-state index contributed by atoms with van der Waals surface area (Å²) in [5.74, 6) is 1.07. The van der Waals surface area contributed by atoms with Gasteiger partial charge in [-0.05, 0) is 32.4 Å². The number of para-hydroxylation sites is 1. The fourth-order valence-electron chi connectivity index (χ4n) is 2.88. The lowest BCUT2D eigenvalue weighted by Crippen LogP contribution is -2.24. The quantitative estimate of drug-likeness (QED) is 0.700. The molecule has 0 aliphatic heterocycles. The second kappa shape index (κ2) is 8.45. The van der Waals surface area contributed by atoms with Crippen molar-refractivity contribution in [3.63, 3.8) is 0 Å². The Labute approximate surface area is 160 Å². The molecule has 0 atom stereocenters. The molecular formula is C22H24N4O. The monoisotopic (exact) mass is 360 g/mol. The van der Waals surface area contributed by atoms with Crippen LogP contribution in [0.5, 0.6) is 0 Å². The van der Waals surface area contributed by atoms with Crippen molar-refractivity contribution in [2.75, 3.05) is 23.3 Å². The van der Waals surface area contributed by atoms with E-state index in [1.807, 2.05) is 61.5 Å². The molecule has 3 rings (SSSR count). The summed E-state index contributed by atoms with van der Waals surface area (Å²) in [6, 6.07) is 19.2. The SMILES string of the molecule is CCN(CC)c1cc(C(=O)Nc2ccccc2C)nc(-c2ccccc2)n1. The van der Waals surface area contributed by atoms with Crippen molar-refractivity contribution < 1.29 is 4.79 Å². The third kappa shape index (κ3) is 4.31. The van der Waals surface area contributed by atoms with Crippen LogP contribution in [0, 0.1) is 6.92 Å². The predicted octanol–water partition coefficient (Wildman–Crippen LogP) is 4.55. The van der Waals surface area contributed by atoms with E-state index < -0.39 is 0 Å². The van der Waals surface area contributed by atoms with Crippen LogP contribution in [0.3, 0.4) is 0 Å². The van der Waals surface area contributed by atoms with Gasteiger partial charge in [-0.3, -0.25) is 4.79 Å². The number of carbonyl (C=O) groups excluding carboxylic acids is 1. The second-order valence-electron chi connectivity index (χ2n) is 6.24. The summed E-state index contributed by atoms with van der Waals surface area (Å²) in [5.41, 5.74) is 3.03. The first kappa shape index (κ1) is 18.6. The van der Waals surface area contributed by atoms with E-state index in [9.17, 15) is 4.79 Å². The molecule has 2 aromatic carbocycles. The van der Waals surface area contributed by atoms with Gasteiger partial charge in [-0.25, -0.2) is 9.97 Å². The number of aryl methyl sites for hydroxylation is 1. The van der Waals surface area contributed by atoms with Crippen LogP contribution in [0.1, 0.15) is 29.9 Å². The lowest BCUT2D eigenvalue weighted by molar-refractivity contribution is 0.102. The van der Waals surface area contributed by atoms with Crippen molar-refractivity contribution in [1.82, 2.24) is 9.97 Å². The van der Waals surface area contributed by atoms with E-state index in [4.69, 9.17) is 0 Å². The molecule has 5 heteroatoms. The van der Waals surface area contributed by atoms with Gasteiger partial charge < -0.3 is 10.2 Å². The highest BCUT2D eigenvalue weighted by molar-refractivity contribution is 6.04. The first-order chi connectivity index (χ1) is 13.1. The van der Waals surface area contributed by atoms with Crippen LogP contribution in [-0.2, 0) is 0 Å². The molecule has 0 spiro atoms. The van der Waals surface area contributed by atoms with Gasteiger partial charge in [0.2, 0.25) is 0 Å². The van der Waals surface area contributed by atoms with Crippen LogP contribution in [0.15, 0.2) is 60.7 Å². The van der Waals surface area contributed by atoms with Crippen molar-refractivity contribution in [1.29, 1.82) is 0 Å². The average molecular weight is 360 g/mol. The number of hydrogen-bond acceptors (Lipinski definition) is 4. The molecule has 5 nitrogen and oxygen atoms in total. The molecule has 1 heterocycles. The van der Waals surface area contributed by atoms with Gasteiger partial charge >= 0.3 is 0 Å². The third-order valence-electron chi connectivity index (χ3n) is 4.46. The molecule has 0 aliphatic carbocycles. The maximum Gasteiger partial charge on any atom is 0.274 e. The number of amides is 1. The number of nitrogens with one attached hydrogen (secondary N) is 1. The Bertz CT molecular complexity index is 921. The van der Waals surface area contributed by atoms with Crippen LogP contribution >= 0.6 is 0 Å². The summed E-state index contributed by atoms with van der Waals surface area (Å²) in [5, 5.41) is 2.96. The zero-order valence-corrected chi connectivity index (χ0v) is 15.9. The highest BCUT2D eigenvalue weighted by Crippen LogP contribution is 2.21. The number of rotatable bonds is 6. The molecule has 0 fully saturated rings. The number of hydrogen-bond donors (Lipinski definition) is 1. The Balaban J connectivity index is 2.01. The number of benzene rings is 2. The topological polar surface area (TPSA) is 58.1 Å². The highest BCUT2D eigenvalue weighted by atomic mass is 16.1. The molecule has 3 aromatic rings. The van der Waals surface area contributed by atoms with Gasteiger partial charge in [0.25, 0.3) is 5.91 Å². The Hall–Kier alpha value is -3.21. The van der Waals surface area contributed by atoms with Crippen LogP contribution in [-0.4, -0.2) is 29.0 Å². The van der Waals surface area contributed by atoms with E-state index in [1.165, 1.54) is 0 Å². The van der Waals surface area contributed by atoms with Gasteiger partial charge in [-0.15, -0.1) is 0 Å². The van der Waals surface area contributed by atoms with E-state index in [0.29, 0.717) is 11.5 Å². The summed E-state index contributed by atoms with van der Waals surface area (Å²) in [4.78, 5) is 24.2. The molecule has 1 N–H and O–H groups in total. The minimum atomic E-state index is -0.239. The zero-order valence-electron chi connectivity index (χ0n) is 15.9. The number of carbonyl (C=O) groups is 1. The summed E-state index contributed by atoms with van der Waals surface area (Å²) in [6.45, 7) is 7.72. The van der Waals surface area contributed by atoms with Gasteiger partial charge in [-0.2, -0.15) is 0 Å². The maximum atomic E-state index is 12.9. The van der Waals surface area contributed by atoms with E-state index in [-0.39, 0.29) is 5.91 Å². The number of nitrogens with zero attached hydrogens (tertiary/aromatic N) is 3. The maximum absolute atomic E-state index is 12.9. The van der Waals surface area contributed by atoms with Crippen molar-refractivity contribution in [2.45, 2.75) is 20.8 Å². The first-order valence-corrected chi connectivity index (χ1v) is 9.18. The summed E-state index contributed by atoms with van der Waals surface area (Å²) in [6.07, 6.45) is 0. The fraction of sp³-hybridized carbons (Fsp3) is 0.227. The van der Waals surface area contributed by atoms with Gasteiger partial charge in [-0.1, -0.05) is 48.5 Å². The van der Waals surface area contributed by atoms with E-state index in [0.717, 1.165) is 35.7 Å². The third-order valence-corrected chi connectivity index (χ3v) is 4.46. The minimum absolute atomic E-state index is 0.239. The molecule has 0 saturated heterocycles. The van der Waals surface area contributed by atoms with Crippen LogP contribution in [0.4, 0.5) is 11.5 Å². The van der Waals surface area contributed by atoms with Crippen LogP contribution < -0.4 is 10.2 Å². The normalized spacial score (nSPS) is 10.5. The van der Waals surface area contributed by atoms with Gasteiger partial charge in [0, 0.05) is 30.4 Å². The van der Waals surface area contributed by atoms with E-state index in [2.05, 4.69) is 34.0 Å². The van der Waals surface area contributed by atoms with Crippen molar-refractivity contribution in [2.24, 2.45) is 0 Å². The van der Waals surface area contributed by atoms with Crippen molar-refractivity contribution in [3.05, 3.63) is 71.9 Å². The van der Waals surface area contributed by atoms with Gasteiger partial charge in [0.05, 0.1) is 0 Å². The Morgan fingerprint density at radius 3 is 2.30 bits per heavy atom. The Kier molecular flexibility index (Phi) is 5.81. The van der Waals surface area contributed by atoms with Gasteiger partial charge in [0.1, 0.15) is 11.5 Å². The molecule has 27 heavy (non-hydrogen) atoms. The molecule has 0 unspecified atom stereocenters. The molecule has 0 aliphatic rings. The lowest BCUT2D eigenvalue weighted by atomic mass is 10.2. The predicted molar refractivity (Wildman–Crippen MR) is 110 cm³/mol. The molecular weight excluding hydrogens is 336 g/mol. The standard InChI is InChI=1S/C22H24N4O/c1-4-26(5-2)20-15-19(22(27)24-18-14-10-9-11-16(18)3)23-21(25-20)17-12-7-6-8-13-17/h6-15H,4-5H2,1-3H3,(H,24,27). The highest BCUT2D eigenvalue weighted by Gasteiger charge is 2.16. The average Bonchev–Trinajstić information content (AvgIpc) is 2.71. The summed E-state index contributed by atoms with van der Waals surface area (Å²) < 4.78 is 0. The smallest absolute Gasteiger partial charge is 0.274 e. The molecule has 1 aromatic heterocycles. The Morgan fingerprint density at radius 1 is 0.963 bits per heavy atom. The minimum Gasteiger partial charge on any atom is -0.357 e. The lowest BCUT2D eigenvalue weighted by Gasteiger charge is -2.21. The van der Waals surface area contributed by atoms with E-state index >= 15 is 0 Å². The molecule has 138 valence electrons. The number of anilines is 2. The van der Waals surface area contributed by atoms with Crippen molar-refractivity contribution in [3.8, 4) is 11.4 Å². The van der Waals surface area contributed by atoms with E-state index in [1.54, 1.807) is 6.07 Å². The van der Waals surface area contributed by atoms with Crippen LogP contribution in [0.25, 0.3) is 11.4 Å². The molecule has 1 amide bonds. The summed E-state index contributed by atoms with van der Waals surface area (Å²) >= 11 is 0. The number of aromatic nitrogens is 2. The van der Waals surface area contributed by atoms with Crippen LogP contribution in [0.2, 0.25) is 0 Å². The second-order valence-corrected chi connectivity index (χ2v) is 6.24. The molecule has 0 radical (unpaired) electrons. The van der Waals surface area contributed by atoms with Crippen molar-refractivity contribution >= 4 is 17.4 Å². The summed E-state index contributed by atoms with van der Waals surface area (Å²) in [7, 11) is 0. The zero-order chi connectivity index (χ0) is 19.2.